The molecule has 3 heterocycles. The zero-order valence-electron chi connectivity index (χ0n) is 17.5. The molecule has 162 valence electrons. The summed E-state index contributed by atoms with van der Waals surface area (Å²) >= 11 is 6.30. The molecule has 1 aliphatic heterocycles. The summed E-state index contributed by atoms with van der Waals surface area (Å²) in [4.78, 5) is 52.8. The van der Waals surface area contributed by atoms with Crippen molar-refractivity contribution in [1.82, 2.24) is 30.1 Å². The molecule has 2 atom stereocenters. The third-order valence-electron chi connectivity index (χ3n) is 5.23. The van der Waals surface area contributed by atoms with E-state index in [1.165, 1.54) is 32.3 Å². The molecule has 2 aromatic heterocycles. The van der Waals surface area contributed by atoms with E-state index in [4.69, 9.17) is 11.6 Å². The smallest absolute Gasteiger partial charge is 0.269 e. The first kappa shape index (κ1) is 22.4. The predicted molar refractivity (Wildman–Crippen MR) is 115 cm³/mol. The summed E-state index contributed by atoms with van der Waals surface area (Å²) in [5.74, 6) is -0.451. The van der Waals surface area contributed by atoms with Gasteiger partial charge >= 0.3 is 0 Å². The van der Waals surface area contributed by atoms with Gasteiger partial charge in [0.2, 0.25) is 11.8 Å². The number of amides is 3. The molecular formula is C21H23ClN6O3. The zero-order chi connectivity index (χ0) is 22.7. The van der Waals surface area contributed by atoms with E-state index in [0.29, 0.717) is 24.3 Å². The molecule has 9 nitrogen and oxygen atoms in total. The molecule has 1 saturated heterocycles. The predicted octanol–water partition coefficient (Wildman–Crippen LogP) is 1.86. The minimum absolute atomic E-state index is 0.116. The van der Waals surface area contributed by atoms with Gasteiger partial charge in [0.25, 0.3) is 5.91 Å². The third kappa shape index (κ3) is 4.56. The van der Waals surface area contributed by atoms with Gasteiger partial charge in [-0.25, -0.2) is 15.0 Å². The van der Waals surface area contributed by atoms with E-state index in [0.717, 1.165) is 0 Å². The Balaban J connectivity index is 2.08. The number of carbonyl (C=O) groups excluding carboxylic acids is 3. The Morgan fingerprint density at radius 2 is 1.94 bits per heavy atom. The molecule has 0 bridgehead atoms. The fraction of sp³-hybridized carbons (Fsp3) is 0.333. The van der Waals surface area contributed by atoms with E-state index in [1.807, 2.05) is 6.92 Å². The Bertz CT molecular complexity index is 1040. The molecule has 0 saturated carbocycles. The van der Waals surface area contributed by atoms with Crippen molar-refractivity contribution in [3.63, 3.8) is 0 Å². The van der Waals surface area contributed by atoms with Gasteiger partial charge in [-0.3, -0.25) is 14.4 Å². The average Bonchev–Trinajstić information content (AvgIpc) is 2.77. The largest absolute Gasteiger partial charge is 0.354 e. The second kappa shape index (κ2) is 9.22. The van der Waals surface area contributed by atoms with Crippen molar-refractivity contribution >= 4 is 29.3 Å². The van der Waals surface area contributed by atoms with Crippen LogP contribution in [0.25, 0.3) is 11.5 Å². The second-order valence-electron chi connectivity index (χ2n) is 7.09. The van der Waals surface area contributed by atoms with Crippen LogP contribution in [0.2, 0.25) is 5.15 Å². The van der Waals surface area contributed by atoms with Crippen LogP contribution in [0.3, 0.4) is 0 Å². The van der Waals surface area contributed by atoms with Crippen LogP contribution in [0, 0.1) is 0 Å². The van der Waals surface area contributed by atoms with Crippen molar-refractivity contribution in [2.45, 2.75) is 25.9 Å². The van der Waals surface area contributed by atoms with Gasteiger partial charge in [-0.15, -0.1) is 0 Å². The van der Waals surface area contributed by atoms with Crippen molar-refractivity contribution in [3.8, 4) is 11.5 Å². The first-order chi connectivity index (χ1) is 14.8. The average molecular weight is 443 g/mol. The molecule has 0 aliphatic carbocycles. The Morgan fingerprint density at radius 1 is 1.23 bits per heavy atom. The van der Waals surface area contributed by atoms with E-state index in [2.05, 4.69) is 26.8 Å². The van der Waals surface area contributed by atoms with E-state index < -0.39 is 6.04 Å². The van der Waals surface area contributed by atoms with E-state index in [9.17, 15) is 14.4 Å². The van der Waals surface area contributed by atoms with Gasteiger partial charge in [0.15, 0.2) is 5.82 Å². The SMILES string of the molecule is C=CC(=O)N1CCN(C(C)=O)[C@H](c2cc(Cl)nc(-c3nccc(C(=O)NC)n3)c2)[C@H]1C. The number of hydrogen-bond acceptors (Lipinski definition) is 6. The van der Waals surface area contributed by atoms with Crippen molar-refractivity contribution in [3.05, 3.63) is 53.5 Å². The van der Waals surface area contributed by atoms with Crippen molar-refractivity contribution in [1.29, 1.82) is 0 Å². The maximum Gasteiger partial charge on any atom is 0.269 e. The van der Waals surface area contributed by atoms with Gasteiger partial charge in [-0.05, 0) is 36.8 Å². The molecule has 1 fully saturated rings. The number of aromatic nitrogens is 3. The lowest BCUT2D eigenvalue weighted by Crippen LogP contribution is -2.56. The molecule has 3 rings (SSSR count). The highest BCUT2D eigenvalue weighted by Gasteiger charge is 2.38. The number of nitrogens with zero attached hydrogens (tertiary/aromatic N) is 5. The lowest BCUT2D eigenvalue weighted by atomic mass is 9.94. The van der Waals surface area contributed by atoms with Crippen LogP contribution in [0.4, 0.5) is 0 Å². The molecule has 3 amide bonds. The van der Waals surface area contributed by atoms with Gasteiger partial charge in [-0.1, -0.05) is 18.2 Å². The van der Waals surface area contributed by atoms with Crippen LogP contribution < -0.4 is 5.32 Å². The summed E-state index contributed by atoms with van der Waals surface area (Å²) < 4.78 is 0. The quantitative estimate of drug-likeness (QED) is 0.572. The fourth-order valence-corrected chi connectivity index (χ4v) is 3.98. The monoisotopic (exact) mass is 442 g/mol. The summed E-state index contributed by atoms with van der Waals surface area (Å²) in [6.07, 6.45) is 2.73. The summed E-state index contributed by atoms with van der Waals surface area (Å²) in [5, 5.41) is 2.70. The highest BCUT2D eigenvalue weighted by Crippen LogP contribution is 2.34. The first-order valence-electron chi connectivity index (χ1n) is 9.70. The number of carbonyl (C=O) groups is 3. The molecule has 1 aliphatic rings. The second-order valence-corrected chi connectivity index (χ2v) is 7.47. The molecule has 0 aromatic carbocycles. The molecule has 0 unspecified atom stereocenters. The van der Waals surface area contributed by atoms with Crippen molar-refractivity contribution < 1.29 is 14.4 Å². The number of halogens is 1. The third-order valence-corrected chi connectivity index (χ3v) is 5.42. The summed E-state index contributed by atoms with van der Waals surface area (Å²) in [5.41, 5.74) is 1.24. The van der Waals surface area contributed by atoms with Crippen LogP contribution in [-0.2, 0) is 9.59 Å². The number of rotatable bonds is 4. The van der Waals surface area contributed by atoms with Crippen LogP contribution in [0.5, 0.6) is 0 Å². The van der Waals surface area contributed by atoms with Crippen LogP contribution >= 0.6 is 11.6 Å². The lowest BCUT2D eigenvalue weighted by Gasteiger charge is -2.46. The number of nitrogens with one attached hydrogen (secondary N) is 1. The zero-order valence-corrected chi connectivity index (χ0v) is 18.3. The van der Waals surface area contributed by atoms with Gasteiger partial charge < -0.3 is 15.1 Å². The summed E-state index contributed by atoms with van der Waals surface area (Å²) in [6, 6.07) is 4.11. The highest BCUT2D eigenvalue weighted by molar-refractivity contribution is 6.29. The maximum absolute atomic E-state index is 12.4. The molecule has 0 radical (unpaired) electrons. The van der Waals surface area contributed by atoms with E-state index >= 15 is 0 Å². The van der Waals surface area contributed by atoms with Crippen LogP contribution in [0.1, 0.15) is 35.9 Å². The molecule has 2 aromatic rings. The Labute approximate surface area is 185 Å². The maximum atomic E-state index is 12.4. The molecule has 1 N–H and O–H groups in total. The fourth-order valence-electron chi connectivity index (χ4n) is 3.77. The van der Waals surface area contributed by atoms with Gasteiger partial charge in [-0.2, -0.15) is 0 Å². The lowest BCUT2D eigenvalue weighted by molar-refractivity contribution is -0.143. The summed E-state index contributed by atoms with van der Waals surface area (Å²) in [6.45, 7) is 7.72. The Morgan fingerprint density at radius 3 is 2.58 bits per heavy atom. The number of pyridine rings is 1. The number of piperazine rings is 1. The molecule has 10 heteroatoms. The normalized spacial score (nSPS) is 18.5. The summed E-state index contributed by atoms with van der Waals surface area (Å²) in [7, 11) is 1.51. The minimum atomic E-state index is -0.448. The minimum Gasteiger partial charge on any atom is -0.354 e. The highest BCUT2D eigenvalue weighted by atomic mass is 35.5. The van der Waals surface area contributed by atoms with Crippen molar-refractivity contribution in [2.75, 3.05) is 20.1 Å². The van der Waals surface area contributed by atoms with Crippen molar-refractivity contribution in [2.24, 2.45) is 0 Å². The van der Waals surface area contributed by atoms with Crippen LogP contribution in [-0.4, -0.2) is 68.7 Å². The first-order valence-corrected chi connectivity index (χ1v) is 10.1. The van der Waals surface area contributed by atoms with Crippen LogP contribution in [0.15, 0.2) is 37.1 Å². The topological polar surface area (TPSA) is 108 Å². The van der Waals surface area contributed by atoms with E-state index in [-0.39, 0.29) is 40.4 Å². The van der Waals surface area contributed by atoms with Gasteiger partial charge in [0.1, 0.15) is 16.5 Å². The Hall–Kier alpha value is -3.33. The molecular weight excluding hydrogens is 420 g/mol. The molecule has 31 heavy (non-hydrogen) atoms. The van der Waals surface area contributed by atoms with Gasteiger partial charge in [0, 0.05) is 33.3 Å². The van der Waals surface area contributed by atoms with E-state index in [1.54, 1.807) is 21.9 Å². The standard InChI is InChI=1S/C21H23ClN6O3/c1-5-18(30)27-8-9-28(13(3)29)19(12(27)2)14-10-16(25-17(22)11-14)20-24-7-6-15(26-20)21(31)23-4/h5-7,10-12,19H,1,8-9H2,2-4H3,(H,23,31)/t12-,19+/m1/s1. The van der Waals surface area contributed by atoms with Gasteiger partial charge in [0.05, 0.1) is 12.1 Å². The Kier molecular flexibility index (Phi) is 6.65. The number of hydrogen-bond donors (Lipinski definition) is 1. The molecule has 0 spiro atoms.